The SMILES string of the molecule is CCC(C(=O)Nc1cccc(N2CCCN(Cc3ccc(Cl)c(Cl)c3)C2=O)c1)c1ccccc1. The Labute approximate surface area is 210 Å². The maximum atomic E-state index is 13.3. The number of rotatable bonds is 7. The third-order valence-electron chi connectivity index (χ3n) is 6.02. The number of nitrogens with one attached hydrogen (secondary N) is 1. The molecule has 34 heavy (non-hydrogen) atoms. The van der Waals surface area contributed by atoms with Crippen LogP contribution in [0.1, 0.15) is 36.8 Å². The fraction of sp³-hybridized carbons (Fsp3) is 0.259. The van der Waals surface area contributed by atoms with Gasteiger partial charge in [0.25, 0.3) is 0 Å². The van der Waals surface area contributed by atoms with E-state index in [1.54, 1.807) is 21.9 Å². The summed E-state index contributed by atoms with van der Waals surface area (Å²) in [4.78, 5) is 29.8. The molecule has 1 N–H and O–H groups in total. The molecule has 0 aromatic heterocycles. The van der Waals surface area contributed by atoms with E-state index in [4.69, 9.17) is 23.2 Å². The topological polar surface area (TPSA) is 52.7 Å². The number of benzene rings is 3. The molecule has 3 aromatic rings. The van der Waals surface area contributed by atoms with E-state index in [-0.39, 0.29) is 17.9 Å². The van der Waals surface area contributed by atoms with Crippen molar-refractivity contribution in [3.05, 3.63) is 94.0 Å². The van der Waals surface area contributed by atoms with E-state index < -0.39 is 0 Å². The minimum Gasteiger partial charge on any atom is -0.325 e. The lowest BCUT2D eigenvalue weighted by Gasteiger charge is -2.36. The molecule has 0 spiro atoms. The normalized spacial score (nSPS) is 14.7. The van der Waals surface area contributed by atoms with Crippen LogP contribution in [0.15, 0.2) is 72.8 Å². The Bertz CT molecular complexity index is 1170. The van der Waals surface area contributed by atoms with Gasteiger partial charge in [-0.05, 0) is 54.3 Å². The highest BCUT2D eigenvalue weighted by Crippen LogP contribution is 2.28. The zero-order chi connectivity index (χ0) is 24.1. The van der Waals surface area contributed by atoms with Gasteiger partial charge in [0.15, 0.2) is 0 Å². The third kappa shape index (κ3) is 5.54. The average Bonchev–Trinajstić information content (AvgIpc) is 2.84. The molecule has 0 bridgehead atoms. The second-order valence-corrected chi connectivity index (χ2v) is 9.18. The summed E-state index contributed by atoms with van der Waals surface area (Å²) in [5.74, 6) is -0.291. The predicted octanol–water partition coefficient (Wildman–Crippen LogP) is 6.96. The van der Waals surface area contributed by atoms with Crippen LogP contribution < -0.4 is 10.2 Å². The van der Waals surface area contributed by atoms with Crippen LogP contribution in [0.5, 0.6) is 0 Å². The lowest BCUT2D eigenvalue weighted by atomic mass is 9.95. The van der Waals surface area contributed by atoms with Crippen LogP contribution in [0.25, 0.3) is 0 Å². The molecule has 1 aliphatic heterocycles. The molecular formula is C27H27Cl2N3O2. The van der Waals surface area contributed by atoms with Crippen molar-refractivity contribution in [1.82, 2.24) is 4.90 Å². The molecule has 1 aliphatic rings. The number of urea groups is 1. The molecule has 1 heterocycles. The molecule has 4 rings (SSSR count). The van der Waals surface area contributed by atoms with E-state index in [0.717, 1.165) is 23.2 Å². The van der Waals surface area contributed by atoms with Crippen molar-refractivity contribution in [2.24, 2.45) is 0 Å². The Morgan fingerprint density at radius 2 is 1.76 bits per heavy atom. The summed E-state index contributed by atoms with van der Waals surface area (Å²) in [6, 6.07) is 22.6. The van der Waals surface area contributed by atoms with E-state index in [9.17, 15) is 9.59 Å². The van der Waals surface area contributed by atoms with Crippen molar-refractivity contribution < 1.29 is 9.59 Å². The molecule has 0 radical (unpaired) electrons. The van der Waals surface area contributed by atoms with Crippen molar-refractivity contribution >= 4 is 46.5 Å². The van der Waals surface area contributed by atoms with E-state index in [1.165, 1.54) is 0 Å². The first-order valence-corrected chi connectivity index (χ1v) is 12.2. The Morgan fingerprint density at radius 1 is 0.971 bits per heavy atom. The standard InChI is InChI=1S/C27H27Cl2N3O2/c1-2-23(20-8-4-3-5-9-20)26(33)30-21-10-6-11-22(17-21)32-15-7-14-31(27(32)34)18-19-12-13-24(28)25(29)16-19/h3-6,8-13,16-17,23H,2,7,14-15,18H2,1H3,(H,30,33). The van der Waals surface area contributed by atoms with Crippen LogP contribution in [0.4, 0.5) is 16.2 Å². The maximum absolute atomic E-state index is 13.3. The average molecular weight is 496 g/mol. The van der Waals surface area contributed by atoms with Crippen molar-refractivity contribution in [3.8, 4) is 0 Å². The zero-order valence-electron chi connectivity index (χ0n) is 19.0. The van der Waals surface area contributed by atoms with Crippen LogP contribution in [-0.2, 0) is 11.3 Å². The fourth-order valence-corrected chi connectivity index (χ4v) is 4.59. The highest BCUT2D eigenvalue weighted by Gasteiger charge is 2.27. The molecule has 3 aromatic carbocycles. The molecule has 1 atom stereocenters. The molecular weight excluding hydrogens is 469 g/mol. The number of anilines is 2. The van der Waals surface area contributed by atoms with Gasteiger partial charge >= 0.3 is 6.03 Å². The predicted molar refractivity (Wildman–Crippen MR) is 139 cm³/mol. The smallest absolute Gasteiger partial charge is 0.324 e. The fourth-order valence-electron chi connectivity index (χ4n) is 4.27. The summed E-state index contributed by atoms with van der Waals surface area (Å²) in [5.41, 5.74) is 3.35. The van der Waals surface area contributed by atoms with Gasteiger partial charge in [0.05, 0.1) is 16.0 Å². The van der Waals surface area contributed by atoms with Gasteiger partial charge in [-0.1, -0.05) is 72.6 Å². The van der Waals surface area contributed by atoms with Crippen molar-refractivity contribution in [2.75, 3.05) is 23.3 Å². The molecule has 3 amide bonds. The Hall–Kier alpha value is -3.02. The van der Waals surface area contributed by atoms with Crippen LogP contribution in [0, 0.1) is 0 Å². The quantitative estimate of drug-likeness (QED) is 0.385. The molecule has 0 aliphatic carbocycles. The number of carbonyl (C=O) groups excluding carboxylic acids is 2. The number of hydrogen-bond donors (Lipinski definition) is 1. The van der Waals surface area contributed by atoms with Gasteiger partial charge in [-0.2, -0.15) is 0 Å². The number of nitrogens with zero attached hydrogens (tertiary/aromatic N) is 2. The number of halogens is 2. The first-order valence-electron chi connectivity index (χ1n) is 11.4. The molecule has 5 nitrogen and oxygen atoms in total. The van der Waals surface area contributed by atoms with Gasteiger partial charge in [0.2, 0.25) is 5.91 Å². The highest BCUT2D eigenvalue weighted by atomic mass is 35.5. The van der Waals surface area contributed by atoms with E-state index in [2.05, 4.69) is 5.32 Å². The van der Waals surface area contributed by atoms with E-state index in [1.807, 2.05) is 67.6 Å². The van der Waals surface area contributed by atoms with Crippen LogP contribution in [-0.4, -0.2) is 29.9 Å². The number of carbonyl (C=O) groups is 2. The molecule has 1 fully saturated rings. The van der Waals surface area contributed by atoms with Gasteiger partial charge in [0.1, 0.15) is 0 Å². The first-order chi connectivity index (χ1) is 16.5. The van der Waals surface area contributed by atoms with E-state index >= 15 is 0 Å². The summed E-state index contributed by atoms with van der Waals surface area (Å²) in [7, 11) is 0. The highest BCUT2D eigenvalue weighted by molar-refractivity contribution is 6.42. The second kappa shape index (κ2) is 10.9. The number of hydrogen-bond acceptors (Lipinski definition) is 2. The van der Waals surface area contributed by atoms with Crippen molar-refractivity contribution in [3.63, 3.8) is 0 Å². The minimum absolute atomic E-state index is 0.0583. The first kappa shape index (κ1) is 24.1. The van der Waals surface area contributed by atoms with Crippen molar-refractivity contribution in [1.29, 1.82) is 0 Å². The van der Waals surface area contributed by atoms with Gasteiger partial charge in [0, 0.05) is 31.0 Å². The van der Waals surface area contributed by atoms with Gasteiger partial charge in [-0.3, -0.25) is 9.69 Å². The summed E-state index contributed by atoms with van der Waals surface area (Å²) >= 11 is 12.2. The van der Waals surface area contributed by atoms with E-state index in [0.29, 0.717) is 41.8 Å². The Morgan fingerprint density at radius 3 is 2.50 bits per heavy atom. The zero-order valence-corrected chi connectivity index (χ0v) is 20.5. The summed E-state index contributed by atoms with van der Waals surface area (Å²) in [5, 5.41) is 4.00. The third-order valence-corrected chi connectivity index (χ3v) is 6.76. The van der Waals surface area contributed by atoms with Gasteiger partial charge in [-0.25, -0.2) is 4.79 Å². The van der Waals surface area contributed by atoms with Gasteiger partial charge < -0.3 is 10.2 Å². The molecule has 7 heteroatoms. The molecule has 176 valence electrons. The monoisotopic (exact) mass is 495 g/mol. The Balaban J connectivity index is 1.47. The molecule has 0 saturated carbocycles. The molecule has 1 saturated heterocycles. The molecule has 1 unspecified atom stereocenters. The van der Waals surface area contributed by atoms with Crippen LogP contribution >= 0.6 is 23.2 Å². The Kier molecular flexibility index (Phi) is 7.76. The summed E-state index contributed by atoms with van der Waals surface area (Å²) in [6.07, 6.45) is 1.54. The maximum Gasteiger partial charge on any atom is 0.324 e. The lowest BCUT2D eigenvalue weighted by Crippen LogP contribution is -2.49. The second-order valence-electron chi connectivity index (χ2n) is 8.37. The van der Waals surface area contributed by atoms with Crippen molar-refractivity contribution in [2.45, 2.75) is 32.2 Å². The largest absolute Gasteiger partial charge is 0.325 e. The van der Waals surface area contributed by atoms with Crippen LogP contribution in [0.3, 0.4) is 0 Å². The summed E-state index contributed by atoms with van der Waals surface area (Å²) in [6.45, 7) is 3.75. The minimum atomic E-state index is -0.233. The lowest BCUT2D eigenvalue weighted by molar-refractivity contribution is -0.117. The van der Waals surface area contributed by atoms with Crippen LogP contribution in [0.2, 0.25) is 10.0 Å². The summed E-state index contributed by atoms with van der Waals surface area (Å²) < 4.78 is 0. The van der Waals surface area contributed by atoms with Gasteiger partial charge in [-0.15, -0.1) is 0 Å². The number of amides is 3.